The number of aromatic nitrogens is 1. The first-order chi connectivity index (χ1) is 5.41. The highest BCUT2D eigenvalue weighted by atomic mass is 19.4. The van der Waals surface area contributed by atoms with Gasteiger partial charge in [-0.05, 0) is 6.07 Å². The smallest absolute Gasteiger partial charge is 0.418 e. The van der Waals surface area contributed by atoms with Gasteiger partial charge in [-0.2, -0.15) is 17.6 Å². The summed E-state index contributed by atoms with van der Waals surface area (Å²) in [5.41, 5.74) is -1.18. The molecule has 0 bridgehead atoms. The van der Waals surface area contributed by atoms with Crippen LogP contribution in [0.5, 0.6) is 5.75 Å². The Bertz CT molecular complexity index is 296. The maximum absolute atomic E-state index is 12.2. The van der Waals surface area contributed by atoms with Crippen molar-refractivity contribution in [3.8, 4) is 5.75 Å². The van der Waals surface area contributed by atoms with Gasteiger partial charge in [-0.1, -0.05) is 0 Å². The number of hydrogen-bond acceptors (Lipinski definition) is 2. The number of aromatic hydroxyl groups is 1. The van der Waals surface area contributed by atoms with Gasteiger partial charge in [0.15, 0.2) is 5.75 Å². The van der Waals surface area contributed by atoms with Gasteiger partial charge in [-0.25, -0.2) is 4.98 Å². The van der Waals surface area contributed by atoms with E-state index in [1.165, 1.54) is 0 Å². The maximum Gasteiger partial charge on any atom is 0.418 e. The lowest BCUT2D eigenvalue weighted by molar-refractivity contribution is -0.138. The summed E-state index contributed by atoms with van der Waals surface area (Å²) in [7, 11) is 0. The molecule has 0 aliphatic carbocycles. The quantitative estimate of drug-likeness (QED) is 0.490. The lowest BCUT2D eigenvalue weighted by Crippen LogP contribution is -2.05. The fourth-order valence-electron chi connectivity index (χ4n) is 0.591. The Hall–Kier alpha value is -1.33. The molecule has 0 spiro atoms. The Morgan fingerprint density at radius 2 is 1.92 bits per heavy atom. The van der Waals surface area contributed by atoms with E-state index in [0.29, 0.717) is 6.20 Å². The number of nitrogens with zero attached hydrogens (tertiary/aromatic N) is 1. The predicted molar refractivity (Wildman–Crippen MR) is 30.9 cm³/mol. The molecule has 0 fully saturated rings. The molecule has 0 saturated heterocycles. The Labute approximate surface area is 64.5 Å². The van der Waals surface area contributed by atoms with Crippen molar-refractivity contribution in [1.82, 2.24) is 4.98 Å². The van der Waals surface area contributed by atoms with Crippen LogP contribution < -0.4 is 0 Å². The van der Waals surface area contributed by atoms with Crippen molar-refractivity contribution in [3.05, 3.63) is 23.8 Å². The molecule has 6 heteroatoms. The summed E-state index contributed by atoms with van der Waals surface area (Å²) >= 11 is 0. The second-order valence-electron chi connectivity index (χ2n) is 2.03. The molecule has 0 unspecified atom stereocenters. The highest BCUT2D eigenvalue weighted by Crippen LogP contribution is 2.30. The average molecular weight is 181 g/mol. The third-order valence-electron chi connectivity index (χ3n) is 1.15. The minimum atomic E-state index is -4.61. The van der Waals surface area contributed by atoms with E-state index in [4.69, 9.17) is 5.11 Å². The van der Waals surface area contributed by atoms with E-state index in [0.717, 1.165) is 0 Å². The standard InChI is InChI=1S/C6H3F4NO/c7-5-4(12)1-3(2-11-5)6(8,9)10/h1-2,12H. The molecule has 2 nitrogen and oxygen atoms in total. The van der Waals surface area contributed by atoms with E-state index in [9.17, 15) is 17.6 Å². The summed E-state index contributed by atoms with van der Waals surface area (Å²) in [5.74, 6) is -2.42. The van der Waals surface area contributed by atoms with Gasteiger partial charge in [0.2, 0.25) is 0 Å². The van der Waals surface area contributed by atoms with Crippen LogP contribution in [0.25, 0.3) is 0 Å². The number of pyridine rings is 1. The molecule has 1 aromatic heterocycles. The van der Waals surface area contributed by atoms with Gasteiger partial charge in [-0.15, -0.1) is 0 Å². The topological polar surface area (TPSA) is 33.1 Å². The molecule has 1 rings (SSSR count). The lowest BCUT2D eigenvalue weighted by Gasteiger charge is -2.05. The zero-order valence-corrected chi connectivity index (χ0v) is 5.56. The van der Waals surface area contributed by atoms with Crippen molar-refractivity contribution in [2.75, 3.05) is 0 Å². The first kappa shape index (κ1) is 8.76. The minimum Gasteiger partial charge on any atom is -0.504 e. The molecular weight excluding hydrogens is 178 g/mol. The Morgan fingerprint density at radius 1 is 1.33 bits per heavy atom. The molecule has 1 heterocycles. The summed E-state index contributed by atoms with van der Waals surface area (Å²) in [6.45, 7) is 0. The molecule has 0 aliphatic heterocycles. The zero-order chi connectivity index (χ0) is 9.35. The molecule has 0 radical (unpaired) electrons. The number of halogens is 4. The molecule has 0 aliphatic rings. The molecular formula is C6H3F4NO. The van der Waals surface area contributed by atoms with Crippen molar-refractivity contribution in [2.45, 2.75) is 6.18 Å². The van der Waals surface area contributed by atoms with Gasteiger partial charge >= 0.3 is 6.18 Å². The van der Waals surface area contributed by atoms with Gasteiger partial charge in [-0.3, -0.25) is 0 Å². The highest BCUT2D eigenvalue weighted by molar-refractivity contribution is 5.25. The van der Waals surface area contributed by atoms with Crippen molar-refractivity contribution >= 4 is 0 Å². The normalized spacial score (nSPS) is 11.7. The van der Waals surface area contributed by atoms with Gasteiger partial charge in [0.05, 0.1) is 5.56 Å². The minimum absolute atomic E-state index is 0.280. The Balaban J connectivity index is 3.14. The first-order valence-electron chi connectivity index (χ1n) is 2.83. The molecule has 1 aromatic rings. The van der Waals surface area contributed by atoms with E-state index < -0.39 is 23.4 Å². The van der Waals surface area contributed by atoms with Crippen molar-refractivity contribution < 1.29 is 22.7 Å². The largest absolute Gasteiger partial charge is 0.504 e. The van der Waals surface area contributed by atoms with Crippen LogP contribution in [0.4, 0.5) is 17.6 Å². The summed E-state index contributed by atoms with van der Waals surface area (Å²) in [5, 5.41) is 8.53. The lowest BCUT2D eigenvalue weighted by atomic mass is 10.3. The van der Waals surface area contributed by atoms with Crippen LogP contribution >= 0.6 is 0 Å². The van der Waals surface area contributed by atoms with Gasteiger partial charge in [0, 0.05) is 6.20 Å². The van der Waals surface area contributed by atoms with Crippen LogP contribution in [-0.2, 0) is 6.18 Å². The molecule has 66 valence electrons. The van der Waals surface area contributed by atoms with Crippen molar-refractivity contribution in [3.63, 3.8) is 0 Å². The van der Waals surface area contributed by atoms with Gasteiger partial charge < -0.3 is 5.11 Å². The third-order valence-corrected chi connectivity index (χ3v) is 1.15. The maximum atomic E-state index is 12.2. The van der Waals surface area contributed by atoms with Crippen LogP contribution in [0.3, 0.4) is 0 Å². The second kappa shape index (κ2) is 2.62. The van der Waals surface area contributed by atoms with Crippen molar-refractivity contribution in [1.29, 1.82) is 0 Å². The van der Waals surface area contributed by atoms with E-state index in [1.54, 1.807) is 0 Å². The number of hydrogen-bond donors (Lipinski definition) is 1. The molecule has 0 amide bonds. The van der Waals surface area contributed by atoms with E-state index in [2.05, 4.69) is 4.98 Å². The van der Waals surface area contributed by atoms with Crippen LogP contribution in [0.2, 0.25) is 0 Å². The monoisotopic (exact) mass is 181 g/mol. The van der Waals surface area contributed by atoms with E-state index in [-0.39, 0.29) is 6.07 Å². The van der Waals surface area contributed by atoms with Crippen LogP contribution in [0.1, 0.15) is 5.56 Å². The SMILES string of the molecule is Oc1cc(C(F)(F)F)cnc1F. The van der Waals surface area contributed by atoms with E-state index >= 15 is 0 Å². The first-order valence-corrected chi connectivity index (χ1v) is 2.83. The molecule has 0 saturated carbocycles. The molecule has 1 N–H and O–H groups in total. The van der Waals surface area contributed by atoms with Crippen LogP contribution in [0, 0.1) is 5.95 Å². The van der Waals surface area contributed by atoms with Crippen LogP contribution in [0.15, 0.2) is 12.3 Å². The fraction of sp³-hybridized carbons (Fsp3) is 0.167. The van der Waals surface area contributed by atoms with E-state index in [1.807, 2.05) is 0 Å². The Morgan fingerprint density at radius 3 is 2.33 bits per heavy atom. The summed E-state index contributed by atoms with van der Waals surface area (Å²) in [6.07, 6.45) is -4.30. The predicted octanol–water partition coefficient (Wildman–Crippen LogP) is 1.95. The zero-order valence-electron chi connectivity index (χ0n) is 5.56. The molecule has 0 aromatic carbocycles. The fourth-order valence-corrected chi connectivity index (χ4v) is 0.591. The Kier molecular flexibility index (Phi) is 1.91. The third kappa shape index (κ3) is 1.63. The summed E-state index contributed by atoms with van der Waals surface area (Å²) in [6, 6.07) is 0.280. The summed E-state index contributed by atoms with van der Waals surface area (Å²) in [4.78, 5) is 2.71. The van der Waals surface area contributed by atoms with Gasteiger partial charge in [0.25, 0.3) is 5.95 Å². The van der Waals surface area contributed by atoms with Crippen LogP contribution in [-0.4, -0.2) is 10.1 Å². The highest BCUT2D eigenvalue weighted by Gasteiger charge is 2.31. The number of alkyl halides is 3. The molecule has 0 atom stereocenters. The summed E-state index contributed by atoms with van der Waals surface area (Å²) < 4.78 is 47.6. The molecule has 12 heavy (non-hydrogen) atoms. The van der Waals surface area contributed by atoms with Crippen molar-refractivity contribution in [2.24, 2.45) is 0 Å². The van der Waals surface area contributed by atoms with Gasteiger partial charge in [0.1, 0.15) is 0 Å². The average Bonchev–Trinajstić information content (AvgIpc) is 1.92. The number of rotatable bonds is 0. The second-order valence-corrected chi connectivity index (χ2v) is 2.03.